The van der Waals surface area contributed by atoms with Crippen LogP contribution in [-0.4, -0.2) is 11.2 Å². The highest BCUT2D eigenvalue weighted by Crippen LogP contribution is 2.32. The van der Waals surface area contributed by atoms with E-state index in [0.717, 1.165) is 46.5 Å². The normalized spacial score (nSPS) is 14.3. The van der Waals surface area contributed by atoms with E-state index >= 15 is 0 Å². The smallest absolute Gasteiger partial charge is 0.0655 e. The van der Waals surface area contributed by atoms with E-state index in [4.69, 9.17) is 0 Å². The van der Waals surface area contributed by atoms with Crippen LogP contribution in [0.4, 0.5) is 5.69 Å². The van der Waals surface area contributed by atoms with Gasteiger partial charge in [0.25, 0.3) is 0 Å². The van der Waals surface area contributed by atoms with E-state index in [9.17, 15) is 0 Å². The van der Waals surface area contributed by atoms with Gasteiger partial charge in [0.15, 0.2) is 0 Å². The Kier molecular flexibility index (Phi) is 5.32. The molecule has 0 fully saturated rings. The molecule has 0 radical (unpaired) electrons. The lowest BCUT2D eigenvalue weighted by molar-refractivity contribution is 0.966. The van der Waals surface area contributed by atoms with Gasteiger partial charge in [-0.05, 0) is 81.0 Å². The van der Waals surface area contributed by atoms with Crippen molar-refractivity contribution in [2.24, 2.45) is 4.99 Å². The molecule has 0 saturated carbocycles. The predicted molar refractivity (Wildman–Crippen MR) is 113 cm³/mol. The van der Waals surface area contributed by atoms with Gasteiger partial charge in [-0.1, -0.05) is 30.4 Å². The third kappa shape index (κ3) is 3.60. The van der Waals surface area contributed by atoms with Gasteiger partial charge in [0.2, 0.25) is 0 Å². The number of benzene rings is 1. The maximum atomic E-state index is 4.65. The summed E-state index contributed by atoms with van der Waals surface area (Å²) in [4.78, 5) is 9.05. The van der Waals surface area contributed by atoms with Crippen molar-refractivity contribution in [3.8, 4) is 0 Å². The van der Waals surface area contributed by atoms with Crippen molar-refractivity contribution < 1.29 is 0 Å². The topological polar surface area (TPSA) is 25.2 Å². The highest BCUT2D eigenvalue weighted by atomic mass is 14.7. The average Bonchev–Trinajstić information content (AvgIpc) is 2.64. The summed E-state index contributed by atoms with van der Waals surface area (Å²) in [6.07, 6.45) is 10.5. The monoisotopic (exact) mass is 342 g/mol. The van der Waals surface area contributed by atoms with Gasteiger partial charge in [0.05, 0.1) is 5.69 Å². The highest BCUT2D eigenvalue weighted by Gasteiger charge is 2.13. The molecular formula is C24H26N2. The summed E-state index contributed by atoms with van der Waals surface area (Å²) in [5, 5.41) is 0. The first-order chi connectivity index (χ1) is 12.5. The van der Waals surface area contributed by atoms with Crippen molar-refractivity contribution in [2.75, 3.05) is 0 Å². The minimum Gasteiger partial charge on any atom is -0.261 e. The van der Waals surface area contributed by atoms with Crippen LogP contribution in [-0.2, 0) is 0 Å². The zero-order chi connectivity index (χ0) is 18.7. The molecule has 1 aliphatic rings. The number of hydrogen-bond acceptors (Lipinski definition) is 2. The van der Waals surface area contributed by atoms with Crippen molar-refractivity contribution in [3.05, 3.63) is 82.7 Å². The fourth-order valence-electron chi connectivity index (χ4n) is 3.39. The number of aliphatic imine (C=N–C) groups is 1. The number of pyridine rings is 1. The van der Waals surface area contributed by atoms with Crippen LogP contribution >= 0.6 is 0 Å². The van der Waals surface area contributed by atoms with Gasteiger partial charge in [-0.15, -0.1) is 0 Å². The van der Waals surface area contributed by atoms with Crippen molar-refractivity contribution in [1.29, 1.82) is 0 Å². The molecule has 0 amide bonds. The molecule has 0 aliphatic heterocycles. The lowest BCUT2D eigenvalue weighted by Crippen LogP contribution is -1.98. The highest BCUT2D eigenvalue weighted by molar-refractivity contribution is 5.84. The molecule has 2 aromatic rings. The van der Waals surface area contributed by atoms with Gasteiger partial charge in [0, 0.05) is 29.2 Å². The summed E-state index contributed by atoms with van der Waals surface area (Å²) in [7, 11) is 0. The summed E-state index contributed by atoms with van der Waals surface area (Å²) in [5.41, 5.74) is 10.3. The molecule has 1 aromatic carbocycles. The van der Waals surface area contributed by atoms with Crippen LogP contribution in [0.2, 0.25) is 0 Å². The molecule has 2 nitrogen and oxygen atoms in total. The van der Waals surface area contributed by atoms with Crippen LogP contribution in [0.5, 0.6) is 0 Å². The molecule has 0 spiro atoms. The first kappa shape index (κ1) is 18.1. The molecule has 0 unspecified atom stereocenters. The minimum absolute atomic E-state index is 1.00. The zero-order valence-electron chi connectivity index (χ0n) is 16.1. The Morgan fingerprint density at radius 3 is 2.69 bits per heavy atom. The zero-order valence-corrected chi connectivity index (χ0v) is 16.1. The Morgan fingerprint density at radius 1 is 1.19 bits per heavy atom. The number of rotatable bonds is 4. The second-order valence-electron chi connectivity index (χ2n) is 6.86. The Morgan fingerprint density at radius 2 is 2.00 bits per heavy atom. The van der Waals surface area contributed by atoms with Crippen LogP contribution in [0.1, 0.15) is 54.6 Å². The summed E-state index contributed by atoms with van der Waals surface area (Å²) in [5.74, 6) is 0. The molecule has 132 valence electrons. The lowest BCUT2D eigenvalue weighted by atomic mass is 9.91. The Balaban J connectivity index is 2.01. The SMILES string of the molecule is C=C(c1ccc(N=CC)c(C)c1)c1cc(C2=C(C)CCC=C2)cnc1C. The summed E-state index contributed by atoms with van der Waals surface area (Å²) in [6.45, 7) is 12.6. The number of nitrogens with zero attached hydrogens (tertiary/aromatic N) is 2. The quantitative estimate of drug-likeness (QED) is 0.574. The van der Waals surface area contributed by atoms with E-state index in [1.165, 1.54) is 16.7 Å². The van der Waals surface area contributed by atoms with Crippen LogP contribution < -0.4 is 0 Å². The summed E-state index contributed by atoms with van der Waals surface area (Å²) >= 11 is 0. The van der Waals surface area contributed by atoms with Crippen molar-refractivity contribution in [3.63, 3.8) is 0 Å². The number of aromatic nitrogens is 1. The van der Waals surface area contributed by atoms with Crippen LogP contribution in [0.15, 0.2) is 59.8 Å². The van der Waals surface area contributed by atoms with Gasteiger partial charge in [-0.25, -0.2) is 0 Å². The van der Waals surface area contributed by atoms with Crippen LogP contribution in [0.25, 0.3) is 11.1 Å². The molecule has 26 heavy (non-hydrogen) atoms. The van der Waals surface area contributed by atoms with E-state index in [2.05, 4.69) is 66.8 Å². The molecule has 0 atom stereocenters. The van der Waals surface area contributed by atoms with E-state index in [1.807, 2.05) is 26.3 Å². The molecule has 3 rings (SSSR count). The van der Waals surface area contributed by atoms with Gasteiger partial charge < -0.3 is 0 Å². The number of hydrogen-bond donors (Lipinski definition) is 0. The maximum Gasteiger partial charge on any atom is 0.0655 e. The van der Waals surface area contributed by atoms with Crippen LogP contribution in [0, 0.1) is 13.8 Å². The maximum absolute atomic E-state index is 4.65. The third-order valence-electron chi connectivity index (χ3n) is 4.97. The molecule has 0 N–H and O–H groups in total. The first-order valence-corrected chi connectivity index (χ1v) is 9.13. The molecule has 1 aromatic heterocycles. The molecule has 0 bridgehead atoms. The van der Waals surface area contributed by atoms with Gasteiger partial charge >= 0.3 is 0 Å². The Labute approximate surface area is 156 Å². The van der Waals surface area contributed by atoms with Crippen LogP contribution in [0.3, 0.4) is 0 Å². The average molecular weight is 342 g/mol. The molecular weight excluding hydrogens is 316 g/mol. The predicted octanol–water partition coefficient (Wildman–Crippen LogP) is 6.61. The second-order valence-corrected chi connectivity index (χ2v) is 6.86. The van der Waals surface area contributed by atoms with Gasteiger partial charge in [-0.2, -0.15) is 0 Å². The summed E-state index contributed by atoms with van der Waals surface area (Å²) in [6, 6.07) is 8.53. The molecule has 1 aliphatic carbocycles. The Bertz CT molecular complexity index is 943. The van der Waals surface area contributed by atoms with Gasteiger partial charge in [-0.3, -0.25) is 9.98 Å². The molecule has 0 saturated heterocycles. The summed E-state index contributed by atoms with van der Waals surface area (Å²) < 4.78 is 0. The van der Waals surface area contributed by atoms with E-state index in [0.29, 0.717) is 0 Å². The van der Waals surface area contributed by atoms with Crippen molar-refractivity contribution >= 4 is 23.0 Å². The van der Waals surface area contributed by atoms with Gasteiger partial charge in [0.1, 0.15) is 0 Å². The molecule has 2 heteroatoms. The second kappa shape index (κ2) is 7.65. The van der Waals surface area contributed by atoms with Crippen molar-refractivity contribution in [1.82, 2.24) is 4.98 Å². The van der Waals surface area contributed by atoms with E-state index in [-0.39, 0.29) is 0 Å². The number of aryl methyl sites for hydroxylation is 2. The minimum atomic E-state index is 1.00. The first-order valence-electron chi connectivity index (χ1n) is 9.13. The largest absolute Gasteiger partial charge is 0.261 e. The number of allylic oxidation sites excluding steroid dienone is 4. The van der Waals surface area contributed by atoms with E-state index < -0.39 is 0 Å². The lowest BCUT2D eigenvalue weighted by Gasteiger charge is -2.16. The third-order valence-corrected chi connectivity index (χ3v) is 4.97. The Hall–Kier alpha value is -2.74. The van der Waals surface area contributed by atoms with E-state index in [1.54, 1.807) is 0 Å². The van der Waals surface area contributed by atoms with Crippen molar-refractivity contribution in [2.45, 2.75) is 40.5 Å². The fourth-order valence-corrected chi connectivity index (χ4v) is 3.39. The molecule has 1 heterocycles. The standard InChI is InChI=1S/C24H26N2/c1-6-25-24-12-11-20(13-17(24)3)18(4)23-14-21(15-26-19(23)5)22-10-8-7-9-16(22)2/h6,8,10-15H,4,7,9H2,1-3,5H3. The fraction of sp³-hybridized carbons (Fsp3) is 0.250.